The van der Waals surface area contributed by atoms with Crippen molar-refractivity contribution in [3.63, 3.8) is 0 Å². The van der Waals surface area contributed by atoms with E-state index < -0.39 is 28.6 Å². The molecule has 0 radical (unpaired) electrons. The number of hydrogen-bond acceptors (Lipinski definition) is 8. The molecule has 0 fully saturated rings. The maximum Gasteiger partial charge on any atom is 0.297 e. The van der Waals surface area contributed by atoms with Gasteiger partial charge in [0.25, 0.3) is 11.8 Å². The fourth-order valence-corrected chi connectivity index (χ4v) is 8.21. The minimum absolute atomic E-state index is 0.0708. The van der Waals surface area contributed by atoms with Crippen LogP contribution < -0.4 is 15.2 Å². The lowest BCUT2D eigenvalue weighted by Crippen LogP contribution is -2.53. The summed E-state index contributed by atoms with van der Waals surface area (Å²) >= 11 is 8.71. The monoisotopic (exact) mass is 666 g/mol. The van der Waals surface area contributed by atoms with Gasteiger partial charge >= 0.3 is 0 Å². The van der Waals surface area contributed by atoms with E-state index in [-0.39, 0.29) is 34.0 Å². The van der Waals surface area contributed by atoms with Crippen LogP contribution in [0.1, 0.15) is 32.8 Å². The Balaban J connectivity index is 1.31. The van der Waals surface area contributed by atoms with Gasteiger partial charge in [0.2, 0.25) is 10.9 Å². The molecule has 1 unspecified atom stereocenters. The van der Waals surface area contributed by atoms with Crippen molar-refractivity contribution in [2.75, 3.05) is 9.80 Å². The van der Waals surface area contributed by atoms with Crippen molar-refractivity contribution in [1.82, 2.24) is 10.2 Å². The highest BCUT2D eigenvalue weighted by molar-refractivity contribution is 8.00. The van der Waals surface area contributed by atoms with E-state index >= 15 is 4.79 Å². The lowest BCUT2D eigenvalue weighted by Gasteiger charge is -2.32. The molecule has 12 heteroatoms. The third-order valence-electron chi connectivity index (χ3n) is 8.12. The predicted octanol–water partition coefficient (Wildman–Crippen LogP) is 7.18. The maximum atomic E-state index is 15.0. The summed E-state index contributed by atoms with van der Waals surface area (Å²) in [7, 11) is 0. The van der Waals surface area contributed by atoms with Crippen LogP contribution in [0.15, 0.2) is 111 Å². The molecular formula is C34H20ClFN4O4S2. The topological polar surface area (TPSA) is 96.6 Å². The van der Waals surface area contributed by atoms with Crippen LogP contribution in [-0.2, 0) is 22.6 Å². The zero-order valence-corrected chi connectivity index (χ0v) is 26.0. The molecule has 2 aliphatic heterocycles. The Labute approximate surface area is 274 Å². The van der Waals surface area contributed by atoms with E-state index in [1.165, 1.54) is 33.7 Å². The second-order valence-corrected chi connectivity index (χ2v) is 13.4. The Kier molecular flexibility index (Phi) is 6.78. The first-order valence-corrected chi connectivity index (χ1v) is 16.3. The number of fused-ring (bicyclic) bond motifs is 5. The second kappa shape index (κ2) is 10.9. The molecule has 0 saturated heterocycles. The fraction of sp³-hybridized carbons (Fsp3) is 0.0882. The quantitative estimate of drug-likeness (QED) is 0.137. The summed E-state index contributed by atoms with van der Waals surface area (Å²) in [6.07, 6.45) is 0. The SMILES string of the molecule is O=C1c2oc3ccccc3c(=O)c2C2(C(=O)N(Cc3ccc(F)cc3)c3ccccc32)N1c1nnc(SCc2cccc(Cl)c2)s1. The van der Waals surface area contributed by atoms with E-state index in [1.54, 1.807) is 66.7 Å². The van der Waals surface area contributed by atoms with E-state index in [0.717, 1.165) is 16.9 Å². The van der Waals surface area contributed by atoms with Crippen molar-refractivity contribution in [3.05, 3.63) is 146 Å². The van der Waals surface area contributed by atoms with Gasteiger partial charge in [0.05, 0.1) is 23.2 Å². The number of halogens is 2. The molecule has 8 nitrogen and oxygen atoms in total. The predicted molar refractivity (Wildman–Crippen MR) is 175 cm³/mol. The number of para-hydroxylation sites is 2. The first kappa shape index (κ1) is 28.6. The van der Waals surface area contributed by atoms with E-state index in [0.29, 0.717) is 31.9 Å². The Morgan fingerprint density at radius 2 is 1.67 bits per heavy atom. The molecule has 1 atom stereocenters. The van der Waals surface area contributed by atoms with Crippen molar-refractivity contribution in [2.24, 2.45) is 0 Å². The molecule has 0 aliphatic carbocycles. The third-order valence-corrected chi connectivity index (χ3v) is 10.5. The minimum Gasteiger partial charge on any atom is -0.450 e. The summed E-state index contributed by atoms with van der Waals surface area (Å²) in [5.74, 6) is -1.28. The summed E-state index contributed by atoms with van der Waals surface area (Å²) in [5.41, 5.74) is 0.344. The number of amides is 2. The van der Waals surface area contributed by atoms with Gasteiger partial charge in [0.15, 0.2) is 15.3 Å². The molecule has 0 N–H and O–H groups in total. The Morgan fingerprint density at radius 3 is 2.50 bits per heavy atom. The van der Waals surface area contributed by atoms with Gasteiger partial charge in [-0.25, -0.2) is 4.39 Å². The Bertz CT molecular complexity index is 2270. The number of rotatable bonds is 6. The van der Waals surface area contributed by atoms with Crippen molar-refractivity contribution < 1.29 is 18.4 Å². The molecule has 2 aromatic heterocycles. The molecule has 0 saturated carbocycles. The number of carbonyl (C=O) groups is 2. The standard InChI is InChI=1S/C34H20ClFN4O4S2/c35-21-7-5-6-20(16-21)18-45-33-38-37-32(46-33)40-30(42)29-27(28(41)23-8-1-4-11-26(23)44-29)34(40)24-9-2-3-10-25(24)39(31(34)43)17-19-12-14-22(36)15-13-19/h1-16H,17-18H2. The first-order valence-electron chi connectivity index (χ1n) is 14.1. The molecule has 2 aliphatic rings. The van der Waals surface area contributed by atoms with Gasteiger partial charge in [0, 0.05) is 16.3 Å². The smallest absolute Gasteiger partial charge is 0.297 e. The number of carbonyl (C=O) groups excluding carboxylic acids is 2. The van der Waals surface area contributed by atoms with Crippen molar-refractivity contribution in [3.8, 4) is 0 Å². The lowest BCUT2D eigenvalue weighted by atomic mass is 9.84. The minimum atomic E-state index is -1.91. The second-order valence-electron chi connectivity index (χ2n) is 10.8. The van der Waals surface area contributed by atoms with Crippen LogP contribution in [0.2, 0.25) is 5.02 Å². The highest BCUT2D eigenvalue weighted by atomic mass is 35.5. The van der Waals surface area contributed by atoms with E-state index in [2.05, 4.69) is 10.2 Å². The molecule has 1 spiro atoms. The van der Waals surface area contributed by atoms with Crippen molar-refractivity contribution in [1.29, 1.82) is 0 Å². The zero-order valence-electron chi connectivity index (χ0n) is 23.6. The zero-order chi connectivity index (χ0) is 31.6. The molecular weight excluding hydrogens is 647 g/mol. The number of thioether (sulfide) groups is 1. The van der Waals surface area contributed by atoms with Crippen LogP contribution in [0.4, 0.5) is 15.2 Å². The number of hydrogen-bond donors (Lipinski definition) is 0. The molecule has 8 rings (SSSR count). The van der Waals surface area contributed by atoms with Crippen molar-refractivity contribution >= 4 is 68.3 Å². The van der Waals surface area contributed by atoms with Crippen LogP contribution in [0.25, 0.3) is 11.0 Å². The lowest BCUT2D eigenvalue weighted by molar-refractivity contribution is -0.121. The highest BCUT2D eigenvalue weighted by Crippen LogP contribution is 2.55. The van der Waals surface area contributed by atoms with Crippen LogP contribution in [0, 0.1) is 5.82 Å². The average Bonchev–Trinajstić information content (AvgIpc) is 3.70. The molecule has 46 heavy (non-hydrogen) atoms. The van der Waals surface area contributed by atoms with Crippen LogP contribution in [0.5, 0.6) is 0 Å². The van der Waals surface area contributed by atoms with Crippen LogP contribution in [0.3, 0.4) is 0 Å². The van der Waals surface area contributed by atoms with Crippen LogP contribution >= 0.6 is 34.7 Å². The maximum absolute atomic E-state index is 15.0. The molecule has 4 aromatic carbocycles. The van der Waals surface area contributed by atoms with E-state index in [9.17, 15) is 14.0 Å². The van der Waals surface area contributed by atoms with Gasteiger partial charge in [-0.2, -0.15) is 0 Å². The molecule has 226 valence electrons. The summed E-state index contributed by atoms with van der Waals surface area (Å²) in [5, 5.41) is 9.71. The number of aromatic nitrogens is 2. The summed E-state index contributed by atoms with van der Waals surface area (Å²) in [4.78, 5) is 46.6. The van der Waals surface area contributed by atoms with Gasteiger partial charge < -0.3 is 9.32 Å². The van der Waals surface area contributed by atoms with E-state index in [1.807, 2.05) is 18.2 Å². The third kappa shape index (κ3) is 4.30. The Hall–Kier alpha value is -4.84. The van der Waals surface area contributed by atoms with Gasteiger partial charge in [-0.05, 0) is 53.6 Å². The fourth-order valence-electron chi connectivity index (χ4n) is 6.16. The summed E-state index contributed by atoms with van der Waals surface area (Å²) in [6, 6.07) is 27.0. The van der Waals surface area contributed by atoms with Crippen molar-refractivity contribution in [2.45, 2.75) is 22.2 Å². The molecule has 4 heterocycles. The average molecular weight is 667 g/mol. The normalized spacial score (nSPS) is 16.9. The van der Waals surface area contributed by atoms with Crippen LogP contribution in [-0.4, -0.2) is 22.0 Å². The number of anilines is 2. The number of benzene rings is 4. The van der Waals surface area contributed by atoms with Gasteiger partial charge in [-0.3, -0.25) is 19.3 Å². The summed E-state index contributed by atoms with van der Waals surface area (Å²) in [6.45, 7) is 0.0744. The summed E-state index contributed by atoms with van der Waals surface area (Å²) < 4.78 is 20.4. The van der Waals surface area contributed by atoms with Gasteiger partial charge in [-0.15, -0.1) is 10.2 Å². The van der Waals surface area contributed by atoms with Gasteiger partial charge in [-0.1, -0.05) is 89.3 Å². The highest BCUT2D eigenvalue weighted by Gasteiger charge is 2.66. The van der Waals surface area contributed by atoms with Gasteiger partial charge in [0.1, 0.15) is 11.4 Å². The Morgan fingerprint density at radius 1 is 0.891 bits per heavy atom. The first-order chi connectivity index (χ1) is 22.4. The molecule has 0 bridgehead atoms. The largest absolute Gasteiger partial charge is 0.450 e. The van der Waals surface area contributed by atoms with E-state index in [4.69, 9.17) is 16.0 Å². The molecule has 6 aromatic rings. The number of nitrogens with zero attached hydrogens (tertiary/aromatic N) is 4. The molecule has 2 amide bonds.